The Labute approximate surface area is 62.8 Å². The molecule has 0 saturated carbocycles. The topological polar surface area (TPSA) is 40.5 Å². The summed E-state index contributed by atoms with van der Waals surface area (Å²) in [5.41, 5.74) is 0. The van der Waals surface area contributed by atoms with Gasteiger partial charge < -0.3 is 0 Å². The van der Waals surface area contributed by atoms with E-state index < -0.39 is 5.97 Å². The third-order valence-corrected chi connectivity index (χ3v) is 1.81. The van der Waals surface area contributed by atoms with Crippen LogP contribution < -0.4 is 0 Å². The predicted molar refractivity (Wildman–Crippen MR) is 37.1 cm³/mol. The average molecular weight is 196 g/mol. The van der Waals surface area contributed by atoms with Gasteiger partial charge >= 0.3 is 62.2 Å². The molecule has 0 fully saturated rings. The molecule has 0 amide bonds. The molecule has 0 spiro atoms. The predicted octanol–water partition coefficient (Wildman–Crippen LogP) is -0.680. The first-order chi connectivity index (χ1) is 4.09. The van der Waals surface area contributed by atoms with Gasteiger partial charge in [-0.05, 0) is 0 Å². The molecule has 0 heterocycles. The molecule has 1 atom stereocenters. The first-order valence-corrected chi connectivity index (χ1v) is 3.92. The van der Waals surface area contributed by atoms with E-state index in [1.165, 1.54) is 0 Å². The van der Waals surface area contributed by atoms with Crippen molar-refractivity contribution < 1.29 is 9.90 Å². The molecule has 4 heteroatoms. The Morgan fingerprint density at radius 3 is 2.22 bits per heavy atom. The van der Waals surface area contributed by atoms with Gasteiger partial charge in [-0.25, -0.2) is 0 Å². The van der Waals surface area contributed by atoms with Gasteiger partial charge in [-0.2, -0.15) is 0 Å². The van der Waals surface area contributed by atoms with Crippen LogP contribution in [-0.2, 0) is 4.79 Å². The molecule has 0 aromatic carbocycles. The second kappa shape index (κ2) is 3.88. The van der Waals surface area contributed by atoms with Gasteiger partial charge in [-0.3, -0.25) is 0 Å². The minimum atomic E-state index is -0.763. The zero-order valence-electron chi connectivity index (χ0n) is 5.53. The van der Waals surface area contributed by atoms with Gasteiger partial charge in [0, 0.05) is 0 Å². The van der Waals surface area contributed by atoms with E-state index in [1.54, 1.807) is 19.0 Å². The van der Waals surface area contributed by atoms with Crippen LogP contribution in [0.25, 0.3) is 0 Å². The SMILES string of the molecule is CN(C)[C@@H](C[SeH])C(=O)O. The van der Waals surface area contributed by atoms with Crippen molar-refractivity contribution in [1.82, 2.24) is 4.90 Å². The summed E-state index contributed by atoms with van der Waals surface area (Å²) < 4.78 is 0. The molecule has 0 saturated heterocycles. The number of carboxylic acid groups (broad SMARTS) is 1. The molecule has 0 aromatic rings. The van der Waals surface area contributed by atoms with E-state index in [0.29, 0.717) is 5.32 Å². The number of aliphatic carboxylic acids is 1. The van der Waals surface area contributed by atoms with Gasteiger partial charge in [0.25, 0.3) is 0 Å². The van der Waals surface area contributed by atoms with E-state index in [0.717, 1.165) is 0 Å². The van der Waals surface area contributed by atoms with Crippen molar-refractivity contribution in [1.29, 1.82) is 0 Å². The normalized spacial score (nSPS) is 13.8. The van der Waals surface area contributed by atoms with E-state index in [1.807, 2.05) is 0 Å². The number of hydrogen-bond acceptors (Lipinski definition) is 2. The Bertz CT molecular complexity index is 105. The number of carboxylic acids is 1. The van der Waals surface area contributed by atoms with Crippen LogP contribution >= 0.6 is 0 Å². The number of rotatable bonds is 3. The van der Waals surface area contributed by atoms with Crippen LogP contribution in [0.2, 0.25) is 5.32 Å². The minimum absolute atomic E-state index is 0.356. The van der Waals surface area contributed by atoms with Crippen LogP contribution in [0, 0.1) is 0 Å². The fourth-order valence-electron chi connectivity index (χ4n) is 0.462. The number of nitrogens with zero attached hydrogens (tertiary/aromatic N) is 1. The molecule has 54 valence electrons. The zero-order chi connectivity index (χ0) is 7.44. The average Bonchev–Trinajstić information content (AvgIpc) is 1.64. The zero-order valence-corrected chi connectivity index (χ0v) is 7.41. The summed E-state index contributed by atoms with van der Waals surface area (Å²) in [5.74, 6) is -0.763. The Morgan fingerprint density at radius 1 is 1.78 bits per heavy atom. The van der Waals surface area contributed by atoms with Crippen molar-refractivity contribution in [3.05, 3.63) is 0 Å². The van der Waals surface area contributed by atoms with Crippen LogP contribution in [0.15, 0.2) is 0 Å². The van der Waals surface area contributed by atoms with Crippen LogP contribution in [0.3, 0.4) is 0 Å². The van der Waals surface area contributed by atoms with E-state index >= 15 is 0 Å². The summed E-state index contributed by atoms with van der Waals surface area (Å²) in [6.45, 7) is 0. The van der Waals surface area contributed by atoms with Crippen LogP contribution in [-0.4, -0.2) is 52.1 Å². The third kappa shape index (κ3) is 2.84. The maximum atomic E-state index is 10.3. The third-order valence-electron chi connectivity index (χ3n) is 1.08. The molecule has 9 heavy (non-hydrogen) atoms. The molecule has 0 bridgehead atoms. The van der Waals surface area contributed by atoms with E-state index in [4.69, 9.17) is 5.11 Å². The molecule has 1 N–H and O–H groups in total. The van der Waals surface area contributed by atoms with Gasteiger partial charge in [-0.1, -0.05) is 0 Å². The molecule has 0 rings (SSSR count). The van der Waals surface area contributed by atoms with Gasteiger partial charge in [0.1, 0.15) is 0 Å². The second-order valence-corrected chi connectivity index (χ2v) is 2.77. The van der Waals surface area contributed by atoms with Gasteiger partial charge in [0.05, 0.1) is 0 Å². The van der Waals surface area contributed by atoms with Gasteiger partial charge in [-0.15, -0.1) is 0 Å². The molecule has 0 aromatic heterocycles. The molecule has 0 radical (unpaired) electrons. The Morgan fingerprint density at radius 2 is 2.22 bits per heavy atom. The van der Waals surface area contributed by atoms with Crippen LogP contribution in [0.1, 0.15) is 0 Å². The number of likely N-dealkylation sites (N-methyl/N-ethyl adjacent to an activating group) is 1. The molecule has 0 aliphatic carbocycles. The summed E-state index contributed by atoms with van der Waals surface area (Å²) in [4.78, 5) is 12.0. The molecular formula is C5H11NO2Se. The van der Waals surface area contributed by atoms with Crippen molar-refractivity contribution in [3.63, 3.8) is 0 Å². The van der Waals surface area contributed by atoms with Crippen molar-refractivity contribution in [2.45, 2.75) is 11.4 Å². The summed E-state index contributed by atoms with van der Waals surface area (Å²) in [6, 6.07) is -0.356. The van der Waals surface area contributed by atoms with E-state index in [-0.39, 0.29) is 6.04 Å². The molecule has 3 nitrogen and oxygen atoms in total. The van der Waals surface area contributed by atoms with Crippen LogP contribution in [0.4, 0.5) is 0 Å². The van der Waals surface area contributed by atoms with Gasteiger partial charge in [0.2, 0.25) is 0 Å². The first-order valence-electron chi connectivity index (χ1n) is 2.59. The fraction of sp³-hybridized carbons (Fsp3) is 0.800. The van der Waals surface area contributed by atoms with Crippen molar-refractivity contribution in [2.75, 3.05) is 14.1 Å². The first kappa shape index (κ1) is 8.95. The Kier molecular flexibility index (Phi) is 3.86. The molecule has 0 aliphatic heterocycles. The number of carbonyl (C=O) groups is 1. The van der Waals surface area contributed by atoms with Crippen molar-refractivity contribution in [3.8, 4) is 0 Å². The summed E-state index contributed by atoms with van der Waals surface area (Å²) in [7, 11) is 3.51. The summed E-state index contributed by atoms with van der Waals surface area (Å²) >= 11 is 2.27. The van der Waals surface area contributed by atoms with Crippen molar-refractivity contribution in [2.24, 2.45) is 0 Å². The monoisotopic (exact) mass is 197 g/mol. The maximum absolute atomic E-state index is 10.3. The summed E-state index contributed by atoms with van der Waals surface area (Å²) in [5, 5.41) is 9.08. The van der Waals surface area contributed by atoms with E-state index in [9.17, 15) is 4.79 Å². The van der Waals surface area contributed by atoms with E-state index in [2.05, 4.69) is 16.0 Å². The molecular weight excluding hydrogens is 185 g/mol. The standard InChI is InChI=1S/C5H11NO2Se/c1-6(2)4(3-9)5(7)8/h4,9H,3H2,1-2H3,(H,7,8)/t4-/m0/s1. The Balaban J connectivity index is 3.83. The molecule has 0 aliphatic rings. The van der Waals surface area contributed by atoms with Crippen molar-refractivity contribution >= 4 is 22.0 Å². The second-order valence-electron chi connectivity index (χ2n) is 2.00. The molecule has 0 unspecified atom stereocenters. The fourth-order valence-corrected chi connectivity index (χ4v) is 1.48. The van der Waals surface area contributed by atoms with Crippen LogP contribution in [0.5, 0.6) is 0 Å². The Hall–Kier alpha value is -0.0505. The quantitative estimate of drug-likeness (QED) is 0.608. The number of hydrogen-bond donors (Lipinski definition) is 1. The van der Waals surface area contributed by atoms with Gasteiger partial charge in [0.15, 0.2) is 0 Å². The summed E-state index contributed by atoms with van der Waals surface area (Å²) in [6.07, 6.45) is 0.